The number of ether oxygens (including phenoxy) is 2. The Hall–Kier alpha value is -2.71. The molecule has 1 saturated heterocycles. The number of nitrogen functional groups attached to an aromatic ring is 1. The van der Waals surface area contributed by atoms with Gasteiger partial charge in [0.05, 0.1) is 19.3 Å². The third-order valence-electron chi connectivity index (χ3n) is 5.47. The minimum Gasteiger partial charge on any atom is -0.462 e. The summed E-state index contributed by atoms with van der Waals surface area (Å²) in [6, 6.07) is 6.21. The normalized spacial score (nSPS) is 24.1. The first-order chi connectivity index (χ1) is 17.4. The monoisotopic (exact) mass is 541 g/mol. The average molecular weight is 541 g/mol. The van der Waals surface area contributed by atoms with Crippen molar-refractivity contribution in [3.63, 3.8) is 0 Å². The number of aliphatic hydroxyl groups is 2. The number of nitrogens with zero attached hydrogens (tertiary/aromatic N) is 3. The molecule has 1 aliphatic rings. The molecule has 2 heterocycles. The Morgan fingerprint density at radius 3 is 2.59 bits per heavy atom. The van der Waals surface area contributed by atoms with Crippen molar-refractivity contribution in [2.75, 3.05) is 12.3 Å². The molecule has 5 N–H and O–H groups in total. The summed E-state index contributed by atoms with van der Waals surface area (Å²) in [7, 11) is -4.20. The maximum atomic E-state index is 13.6. The van der Waals surface area contributed by atoms with Crippen molar-refractivity contribution in [2.24, 2.45) is 0 Å². The van der Waals surface area contributed by atoms with E-state index in [4.69, 9.17) is 24.3 Å². The molecule has 3 rings (SSSR count). The number of aromatic nitrogens is 3. The first-order valence-electron chi connectivity index (χ1n) is 11.5. The SMILES string of the molecule is Cc1ccccc1CO[P@](=O)(N[C@@H](C)C(=O)OC(C)C)OC[C@H]1O[C@@H](n2cnc(N)nc2=O)[C@H](O)[C@@H]1O. The molecule has 0 saturated carbocycles. The molecule has 1 aromatic carbocycles. The van der Waals surface area contributed by atoms with E-state index in [9.17, 15) is 24.4 Å². The number of anilines is 1. The molecule has 0 aliphatic carbocycles. The van der Waals surface area contributed by atoms with E-state index in [1.165, 1.54) is 6.92 Å². The highest BCUT2D eigenvalue weighted by Crippen LogP contribution is 2.46. The number of rotatable bonds is 11. The average Bonchev–Trinajstić information content (AvgIpc) is 3.10. The smallest absolute Gasteiger partial charge is 0.406 e. The number of hydrogen-bond acceptors (Lipinski definition) is 12. The molecule has 2 aromatic rings. The first-order valence-corrected chi connectivity index (χ1v) is 13.1. The summed E-state index contributed by atoms with van der Waals surface area (Å²) < 4.78 is 36.4. The van der Waals surface area contributed by atoms with E-state index >= 15 is 0 Å². The Morgan fingerprint density at radius 1 is 1.24 bits per heavy atom. The molecule has 0 amide bonds. The van der Waals surface area contributed by atoms with Gasteiger partial charge < -0.3 is 25.4 Å². The van der Waals surface area contributed by atoms with E-state index in [2.05, 4.69) is 15.1 Å². The number of hydrogen-bond donors (Lipinski definition) is 4. The lowest BCUT2D eigenvalue weighted by atomic mass is 10.1. The number of nitrogens with two attached hydrogens (primary N) is 1. The van der Waals surface area contributed by atoms with E-state index in [0.717, 1.165) is 22.0 Å². The van der Waals surface area contributed by atoms with E-state index in [0.29, 0.717) is 0 Å². The van der Waals surface area contributed by atoms with Crippen LogP contribution in [0.1, 0.15) is 38.1 Å². The second-order valence-electron chi connectivity index (χ2n) is 8.78. The van der Waals surface area contributed by atoms with Crippen LogP contribution in [0.5, 0.6) is 0 Å². The van der Waals surface area contributed by atoms with Crippen LogP contribution in [-0.4, -0.2) is 67.8 Å². The summed E-state index contributed by atoms with van der Waals surface area (Å²) in [6.07, 6.45) is -5.03. The minimum atomic E-state index is -4.20. The van der Waals surface area contributed by atoms with Crippen LogP contribution in [0.4, 0.5) is 5.95 Å². The molecule has 14 nitrogen and oxygen atoms in total. The molecule has 0 bridgehead atoms. The zero-order chi connectivity index (χ0) is 27.3. The van der Waals surface area contributed by atoms with Crippen LogP contribution in [0.2, 0.25) is 0 Å². The fourth-order valence-electron chi connectivity index (χ4n) is 3.46. The quantitative estimate of drug-likeness (QED) is 0.226. The molecular formula is C22H32N5O9P. The molecule has 1 aliphatic heterocycles. The van der Waals surface area contributed by atoms with Crippen LogP contribution in [0.3, 0.4) is 0 Å². The number of carbonyl (C=O) groups is 1. The molecule has 0 spiro atoms. The predicted molar refractivity (Wildman–Crippen MR) is 130 cm³/mol. The molecule has 15 heteroatoms. The van der Waals surface area contributed by atoms with Gasteiger partial charge in [-0.15, -0.1) is 0 Å². The first kappa shape index (κ1) is 28.9. The standard InChI is InChI=1S/C22H32N5O9P/c1-12(2)35-20(30)14(4)26-37(32,33-9-15-8-6-5-7-13(15)3)34-10-16-17(28)18(29)19(36-16)27-11-24-21(23)25-22(27)31/h5-8,11-12,14,16-19,28-29H,9-10H2,1-4H3,(H,26,32)(H2,23,25,31)/t14-,16+,17+,18+,19+,37+/m0/s1. The Kier molecular flexibility index (Phi) is 9.53. The Morgan fingerprint density at radius 2 is 1.95 bits per heavy atom. The van der Waals surface area contributed by atoms with Crippen molar-refractivity contribution >= 4 is 19.7 Å². The van der Waals surface area contributed by atoms with Gasteiger partial charge in [0, 0.05) is 0 Å². The summed E-state index contributed by atoms with van der Waals surface area (Å²) in [4.78, 5) is 31.6. The number of benzene rings is 1. The topological polar surface area (TPSA) is 197 Å². The third kappa shape index (κ3) is 7.42. The van der Waals surface area contributed by atoms with Crippen molar-refractivity contribution in [1.29, 1.82) is 0 Å². The highest BCUT2D eigenvalue weighted by molar-refractivity contribution is 7.51. The molecule has 1 fully saturated rings. The van der Waals surface area contributed by atoms with Crippen LogP contribution in [-0.2, 0) is 34.5 Å². The Balaban J connectivity index is 1.74. The van der Waals surface area contributed by atoms with Crippen LogP contribution in [0.15, 0.2) is 35.4 Å². The van der Waals surface area contributed by atoms with Gasteiger partial charge in [-0.25, -0.2) is 19.4 Å². The van der Waals surface area contributed by atoms with Gasteiger partial charge in [0.2, 0.25) is 5.95 Å². The van der Waals surface area contributed by atoms with Crippen LogP contribution < -0.4 is 16.5 Å². The fourth-order valence-corrected chi connectivity index (χ4v) is 4.92. The summed E-state index contributed by atoms with van der Waals surface area (Å²) >= 11 is 0. The van der Waals surface area contributed by atoms with Gasteiger partial charge in [0.15, 0.2) is 6.23 Å². The largest absolute Gasteiger partial charge is 0.462 e. The summed E-state index contributed by atoms with van der Waals surface area (Å²) in [5, 5.41) is 23.5. The zero-order valence-electron chi connectivity index (χ0n) is 20.9. The third-order valence-corrected chi connectivity index (χ3v) is 7.14. The Labute approximate surface area is 213 Å². The minimum absolute atomic E-state index is 0.111. The molecule has 204 valence electrons. The van der Waals surface area contributed by atoms with Crippen LogP contribution in [0, 0.1) is 6.92 Å². The van der Waals surface area contributed by atoms with E-state index < -0.39 is 62.7 Å². The van der Waals surface area contributed by atoms with Crippen LogP contribution >= 0.6 is 7.75 Å². The predicted octanol–water partition coefficient (Wildman–Crippen LogP) is 0.419. The Bertz CT molecular complexity index is 1190. The number of aliphatic hydroxyl groups excluding tert-OH is 2. The lowest BCUT2D eigenvalue weighted by Crippen LogP contribution is -2.38. The van der Waals surface area contributed by atoms with E-state index in [1.54, 1.807) is 26.0 Å². The van der Waals surface area contributed by atoms with Crippen molar-refractivity contribution in [2.45, 2.75) is 71.0 Å². The van der Waals surface area contributed by atoms with Crippen molar-refractivity contribution in [3.8, 4) is 0 Å². The van der Waals surface area contributed by atoms with Crippen molar-refractivity contribution < 1.29 is 38.1 Å². The van der Waals surface area contributed by atoms with Gasteiger partial charge in [-0.2, -0.15) is 4.98 Å². The number of aryl methyl sites for hydroxylation is 1. The molecule has 6 atom stereocenters. The highest BCUT2D eigenvalue weighted by atomic mass is 31.2. The van der Waals surface area contributed by atoms with E-state index in [-0.39, 0.29) is 12.6 Å². The molecule has 37 heavy (non-hydrogen) atoms. The number of esters is 1. The van der Waals surface area contributed by atoms with Gasteiger partial charge in [-0.3, -0.25) is 18.4 Å². The van der Waals surface area contributed by atoms with E-state index in [1.807, 2.05) is 19.1 Å². The fraction of sp³-hybridized carbons (Fsp3) is 0.545. The second-order valence-corrected chi connectivity index (χ2v) is 10.5. The molecule has 1 aromatic heterocycles. The van der Waals surface area contributed by atoms with Gasteiger partial charge in [0.25, 0.3) is 0 Å². The number of nitrogens with one attached hydrogen (secondary N) is 1. The van der Waals surface area contributed by atoms with Gasteiger partial charge in [-0.1, -0.05) is 24.3 Å². The summed E-state index contributed by atoms with van der Waals surface area (Å²) in [6.45, 7) is 6.00. The second kappa shape index (κ2) is 12.2. The van der Waals surface area contributed by atoms with Gasteiger partial charge in [-0.05, 0) is 38.8 Å². The molecule has 0 unspecified atom stereocenters. The summed E-state index contributed by atoms with van der Waals surface area (Å²) in [5.41, 5.74) is 6.16. The molecular weight excluding hydrogens is 509 g/mol. The number of carbonyl (C=O) groups excluding carboxylic acids is 1. The summed E-state index contributed by atoms with van der Waals surface area (Å²) in [5.74, 6) is -0.939. The highest BCUT2D eigenvalue weighted by Gasteiger charge is 2.45. The lowest BCUT2D eigenvalue weighted by Gasteiger charge is -2.25. The molecule has 0 radical (unpaired) electrons. The zero-order valence-corrected chi connectivity index (χ0v) is 21.8. The van der Waals surface area contributed by atoms with Crippen LogP contribution in [0.25, 0.3) is 0 Å². The maximum Gasteiger partial charge on any atom is 0.406 e. The van der Waals surface area contributed by atoms with Gasteiger partial charge in [0.1, 0.15) is 30.7 Å². The van der Waals surface area contributed by atoms with Crippen molar-refractivity contribution in [3.05, 3.63) is 52.2 Å². The lowest BCUT2D eigenvalue weighted by molar-refractivity contribution is -0.149. The van der Waals surface area contributed by atoms with Crippen molar-refractivity contribution in [1.82, 2.24) is 19.6 Å². The maximum absolute atomic E-state index is 13.6. The van der Waals surface area contributed by atoms with Gasteiger partial charge >= 0.3 is 19.4 Å².